The third-order valence-electron chi connectivity index (χ3n) is 2.74. The molecular formula is C11H13ClN2O4S. The highest BCUT2D eigenvalue weighted by Crippen LogP contribution is 2.24. The van der Waals surface area contributed by atoms with E-state index in [0.717, 1.165) is 0 Å². The molecule has 0 atom stereocenters. The Hall–Kier alpha value is -1.15. The van der Waals surface area contributed by atoms with Crippen LogP contribution in [0.3, 0.4) is 0 Å². The van der Waals surface area contributed by atoms with E-state index in [1.807, 2.05) is 0 Å². The molecule has 0 bridgehead atoms. The zero-order valence-electron chi connectivity index (χ0n) is 9.93. The summed E-state index contributed by atoms with van der Waals surface area (Å²) in [6.07, 6.45) is -0.0974. The van der Waals surface area contributed by atoms with Gasteiger partial charge in [-0.05, 0) is 24.3 Å². The van der Waals surface area contributed by atoms with E-state index in [-0.39, 0.29) is 24.5 Å². The zero-order chi connectivity index (χ0) is 14.1. The number of primary amides is 1. The van der Waals surface area contributed by atoms with Crippen LogP contribution in [0.5, 0.6) is 0 Å². The predicted molar refractivity (Wildman–Crippen MR) is 69.1 cm³/mol. The minimum Gasteiger partial charge on any atom is -0.377 e. The van der Waals surface area contributed by atoms with Crippen molar-refractivity contribution in [3.8, 4) is 0 Å². The Balaban J connectivity index is 2.21. The van der Waals surface area contributed by atoms with Gasteiger partial charge < -0.3 is 10.5 Å². The van der Waals surface area contributed by atoms with Gasteiger partial charge in [-0.15, -0.1) is 0 Å². The Morgan fingerprint density at radius 3 is 2.37 bits per heavy atom. The standard InChI is InChI=1S/C11H13ClN2O4S/c12-8-1-3-9(4-2-8)19(16,17)14-11(5-10(13)15)6-18-7-11/h1-4,14H,5-7H2,(H2,13,15). The predicted octanol–water partition coefficient (Wildman–Crippen LogP) is 0.263. The number of amides is 1. The molecule has 0 aromatic heterocycles. The molecule has 0 spiro atoms. The number of sulfonamides is 1. The molecule has 0 aliphatic carbocycles. The van der Waals surface area contributed by atoms with E-state index in [4.69, 9.17) is 22.1 Å². The van der Waals surface area contributed by atoms with Gasteiger partial charge >= 0.3 is 0 Å². The molecule has 1 aliphatic rings. The molecule has 104 valence electrons. The molecule has 1 aliphatic heterocycles. The lowest BCUT2D eigenvalue weighted by molar-refractivity contribution is -0.126. The van der Waals surface area contributed by atoms with Crippen LogP contribution in [-0.2, 0) is 19.6 Å². The fraction of sp³-hybridized carbons (Fsp3) is 0.364. The van der Waals surface area contributed by atoms with Crippen molar-refractivity contribution >= 4 is 27.5 Å². The van der Waals surface area contributed by atoms with Crippen molar-refractivity contribution in [3.63, 3.8) is 0 Å². The van der Waals surface area contributed by atoms with Crippen LogP contribution in [0.15, 0.2) is 29.2 Å². The number of hydrogen-bond donors (Lipinski definition) is 2. The Morgan fingerprint density at radius 1 is 1.37 bits per heavy atom. The summed E-state index contributed by atoms with van der Waals surface area (Å²) in [5, 5.41) is 0.442. The highest BCUT2D eigenvalue weighted by molar-refractivity contribution is 7.89. The summed E-state index contributed by atoms with van der Waals surface area (Å²) in [4.78, 5) is 11.1. The molecule has 1 aromatic carbocycles. The third kappa shape index (κ3) is 3.24. The van der Waals surface area contributed by atoms with E-state index < -0.39 is 21.5 Å². The van der Waals surface area contributed by atoms with Crippen molar-refractivity contribution in [1.29, 1.82) is 0 Å². The number of nitrogens with one attached hydrogen (secondary N) is 1. The molecule has 1 heterocycles. The van der Waals surface area contributed by atoms with E-state index in [0.29, 0.717) is 5.02 Å². The molecular weight excluding hydrogens is 292 g/mol. The number of carbonyl (C=O) groups excluding carboxylic acids is 1. The van der Waals surface area contributed by atoms with Gasteiger partial charge in [0, 0.05) is 5.02 Å². The number of nitrogens with two attached hydrogens (primary N) is 1. The van der Waals surface area contributed by atoms with Crippen molar-refractivity contribution in [2.75, 3.05) is 13.2 Å². The molecule has 1 saturated heterocycles. The Kier molecular flexibility index (Phi) is 3.82. The quantitative estimate of drug-likeness (QED) is 0.815. The fourth-order valence-corrected chi connectivity index (χ4v) is 3.34. The van der Waals surface area contributed by atoms with E-state index >= 15 is 0 Å². The summed E-state index contributed by atoms with van der Waals surface area (Å²) in [5.41, 5.74) is 4.18. The van der Waals surface area contributed by atoms with E-state index in [9.17, 15) is 13.2 Å². The zero-order valence-corrected chi connectivity index (χ0v) is 11.5. The van der Waals surface area contributed by atoms with Crippen LogP contribution in [0.25, 0.3) is 0 Å². The molecule has 0 radical (unpaired) electrons. The largest absolute Gasteiger partial charge is 0.377 e. The molecule has 3 N–H and O–H groups in total. The van der Waals surface area contributed by atoms with Crippen LogP contribution in [0.1, 0.15) is 6.42 Å². The van der Waals surface area contributed by atoms with Crippen molar-refractivity contribution in [1.82, 2.24) is 4.72 Å². The Bertz CT molecular complexity index is 581. The van der Waals surface area contributed by atoms with Gasteiger partial charge in [0.05, 0.1) is 30.1 Å². The summed E-state index contributed by atoms with van der Waals surface area (Å²) < 4.78 is 31.8. The van der Waals surface area contributed by atoms with Crippen LogP contribution in [-0.4, -0.2) is 33.1 Å². The second kappa shape index (κ2) is 5.09. The average molecular weight is 305 g/mol. The molecule has 0 saturated carbocycles. The average Bonchev–Trinajstić information content (AvgIpc) is 2.25. The van der Waals surface area contributed by atoms with Gasteiger partial charge in [-0.1, -0.05) is 11.6 Å². The molecule has 1 fully saturated rings. The topological polar surface area (TPSA) is 98.5 Å². The maximum absolute atomic E-state index is 12.2. The summed E-state index contributed by atoms with van der Waals surface area (Å²) in [6, 6.07) is 5.74. The van der Waals surface area contributed by atoms with Crippen molar-refractivity contribution < 1.29 is 17.9 Å². The molecule has 0 unspecified atom stereocenters. The maximum Gasteiger partial charge on any atom is 0.241 e. The van der Waals surface area contributed by atoms with E-state index in [1.54, 1.807) is 0 Å². The van der Waals surface area contributed by atoms with Gasteiger partial charge in [-0.2, -0.15) is 4.72 Å². The molecule has 8 heteroatoms. The van der Waals surface area contributed by atoms with Gasteiger partial charge in [0.15, 0.2) is 0 Å². The van der Waals surface area contributed by atoms with E-state index in [1.165, 1.54) is 24.3 Å². The second-order valence-corrected chi connectivity index (χ2v) is 6.59. The van der Waals surface area contributed by atoms with Crippen molar-refractivity contribution in [3.05, 3.63) is 29.3 Å². The Labute approximate surface area is 115 Å². The van der Waals surface area contributed by atoms with Crippen LogP contribution < -0.4 is 10.5 Å². The van der Waals surface area contributed by atoms with Crippen LogP contribution in [0.2, 0.25) is 5.02 Å². The normalized spacial score (nSPS) is 17.7. The smallest absolute Gasteiger partial charge is 0.241 e. The summed E-state index contributed by atoms with van der Waals surface area (Å²) in [5.74, 6) is -0.581. The number of benzene rings is 1. The fourth-order valence-electron chi connectivity index (χ4n) is 1.84. The first kappa shape index (κ1) is 14.3. The minimum absolute atomic E-state index is 0.0765. The van der Waals surface area contributed by atoms with Gasteiger partial charge in [0.2, 0.25) is 15.9 Å². The lowest BCUT2D eigenvalue weighted by Crippen LogP contribution is -2.63. The number of rotatable bonds is 5. The second-order valence-electron chi connectivity index (χ2n) is 4.48. The lowest BCUT2D eigenvalue weighted by atomic mass is 9.94. The van der Waals surface area contributed by atoms with Gasteiger partial charge in [-0.3, -0.25) is 4.79 Å². The van der Waals surface area contributed by atoms with Gasteiger partial charge in [-0.25, -0.2) is 8.42 Å². The minimum atomic E-state index is -3.74. The first-order valence-corrected chi connectivity index (χ1v) is 7.35. The van der Waals surface area contributed by atoms with Crippen molar-refractivity contribution in [2.24, 2.45) is 5.73 Å². The van der Waals surface area contributed by atoms with Crippen LogP contribution in [0, 0.1) is 0 Å². The first-order chi connectivity index (χ1) is 8.83. The number of ether oxygens (including phenoxy) is 1. The molecule has 1 amide bonds. The lowest BCUT2D eigenvalue weighted by Gasteiger charge is -2.40. The summed E-state index contributed by atoms with van der Waals surface area (Å²) in [6.45, 7) is 0.255. The van der Waals surface area contributed by atoms with E-state index in [2.05, 4.69) is 4.72 Å². The monoisotopic (exact) mass is 304 g/mol. The summed E-state index contributed by atoms with van der Waals surface area (Å²) in [7, 11) is -3.74. The third-order valence-corrected chi connectivity index (χ3v) is 4.59. The number of hydrogen-bond acceptors (Lipinski definition) is 4. The first-order valence-electron chi connectivity index (χ1n) is 5.49. The van der Waals surface area contributed by atoms with Gasteiger partial charge in [0.1, 0.15) is 0 Å². The van der Waals surface area contributed by atoms with Gasteiger partial charge in [0.25, 0.3) is 0 Å². The Morgan fingerprint density at radius 2 is 1.95 bits per heavy atom. The van der Waals surface area contributed by atoms with Crippen LogP contribution in [0.4, 0.5) is 0 Å². The van der Waals surface area contributed by atoms with Crippen molar-refractivity contribution in [2.45, 2.75) is 16.9 Å². The molecule has 1 aromatic rings. The molecule has 2 rings (SSSR count). The highest BCUT2D eigenvalue weighted by Gasteiger charge is 2.43. The molecule has 19 heavy (non-hydrogen) atoms. The highest BCUT2D eigenvalue weighted by atomic mass is 35.5. The SMILES string of the molecule is NC(=O)CC1(NS(=O)(=O)c2ccc(Cl)cc2)COC1. The number of carbonyl (C=O) groups is 1. The van der Waals surface area contributed by atoms with Crippen LogP contribution >= 0.6 is 11.6 Å². The summed E-state index contributed by atoms with van der Waals surface area (Å²) >= 11 is 5.71. The maximum atomic E-state index is 12.2. The molecule has 6 nitrogen and oxygen atoms in total. The number of halogens is 1.